The van der Waals surface area contributed by atoms with Crippen molar-refractivity contribution in [3.8, 4) is 11.1 Å². The molecule has 0 amide bonds. The van der Waals surface area contributed by atoms with Crippen LogP contribution in [0.5, 0.6) is 0 Å². The Morgan fingerprint density at radius 3 is 1.81 bits per heavy atom. The van der Waals surface area contributed by atoms with Crippen LogP contribution in [0.2, 0.25) is 0 Å². The molecule has 3 heteroatoms. The summed E-state index contributed by atoms with van der Waals surface area (Å²) in [5.41, 5.74) is 2.97. The molecule has 1 aliphatic heterocycles. The van der Waals surface area contributed by atoms with E-state index < -0.39 is 5.92 Å². The summed E-state index contributed by atoms with van der Waals surface area (Å²) in [5.74, 6) is -2.85. The minimum atomic E-state index is -2.85. The van der Waals surface area contributed by atoms with Crippen LogP contribution in [0.1, 0.15) is 11.1 Å². The monoisotopic (exact) mass is 215 g/mol. The summed E-state index contributed by atoms with van der Waals surface area (Å²) in [5, 5.41) is 3.12. The minimum absolute atomic E-state index is 0.115. The van der Waals surface area contributed by atoms with Crippen molar-refractivity contribution < 1.29 is 8.78 Å². The zero-order valence-electron chi connectivity index (χ0n) is 8.22. The second-order valence-electron chi connectivity index (χ2n) is 4.22. The van der Waals surface area contributed by atoms with E-state index in [9.17, 15) is 8.78 Å². The van der Waals surface area contributed by atoms with Crippen molar-refractivity contribution in [3.05, 3.63) is 47.5 Å². The van der Waals surface area contributed by atoms with Gasteiger partial charge in [0.15, 0.2) is 0 Å². The van der Waals surface area contributed by atoms with Crippen molar-refractivity contribution >= 4 is 11.4 Å². The van der Waals surface area contributed by atoms with Crippen molar-refractivity contribution in [3.63, 3.8) is 0 Å². The molecule has 2 aromatic carbocycles. The predicted molar refractivity (Wildman–Crippen MR) is 58.2 cm³/mol. The van der Waals surface area contributed by atoms with Crippen LogP contribution in [0.3, 0.4) is 0 Å². The van der Waals surface area contributed by atoms with E-state index in [0.717, 1.165) is 11.4 Å². The van der Waals surface area contributed by atoms with Crippen LogP contribution >= 0.6 is 0 Å². The van der Waals surface area contributed by atoms with Crippen molar-refractivity contribution in [2.45, 2.75) is 5.92 Å². The Balaban J connectivity index is 2.28. The first-order valence-corrected chi connectivity index (χ1v) is 5.10. The van der Waals surface area contributed by atoms with Gasteiger partial charge in [0.05, 0.1) is 0 Å². The molecule has 2 aromatic rings. The van der Waals surface area contributed by atoms with E-state index in [0.29, 0.717) is 11.1 Å². The maximum Gasteiger partial charge on any atom is 0.299 e. The molecule has 0 saturated heterocycles. The van der Waals surface area contributed by atoms with E-state index in [1.807, 2.05) is 12.1 Å². The van der Waals surface area contributed by atoms with Gasteiger partial charge in [-0.25, -0.2) is 0 Å². The lowest BCUT2D eigenvalue weighted by Gasteiger charge is -2.17. The fourth-order valence-corrected chi connectivity index (χ4v) is 2.55. The van der Waals surface area contributed by atoms with E-state index in [4.69, 9.17) is 0 Å². The van der Waals surface area contributed by atoms with Crippen molar-refractivity contribution in [1.29, 1.82) is 0 Å². The second-order valence-corrected chi connectivity index (χ2v) is 4.22. The zero-order valence-corrected chi connectivity index (χ0v) is 8.22. The first-order chi connectivity index (χ1) is 7.66. The van der Waals surface area contributed by atoms with Gasteiger partial charge in [0.25, 0.3) is 5.92 Å². The highest BCUT2D eigenvalue weighted by Crippen LogP contribution is 2.53. The average Bonchev–Trinajstić information content (AvgIpc) is 2.61. The molecule has 2 aliphatic rings. The molecule has 0 atom stereocenters. The average molecular weight is 215 g/mol. The zero-order chi connectivity index (χ0) is 10.9. The maximum absolute atomic E-state index is 14.1. The Morgan fingerprint density at radius 1 is 0.812 bits per heavy atom. The summed E-state index contributed by atoms with van der Waals surface area (Å²) in [4.78, 5) is 0. The number of rotatable bonds is 0. The first kappa shape index (κ1) is 8.28. The number of benzene rings is 2. The van der Waals surface area contributed by atoms with Gasteiger partial charge < -0.3 is 5.32 Å². The lowest BCUT2D eigenvalue weighted by Crippen LogP contribution is -2.13. The van der Waals surface area contributed by atoms with E-state index in [1.54, 1.807) is 24.3 Å². The van der Waals surface area contributed by atoms with Gasteiger partial charge >= 0.3 is 0 Å². The number of halogens is 2. The van der Waals surface area contributed by atoms with E-state index in [-0.39, 0.29) is 11.1 Å². The fourth-order valence-electron chi connectivity index (χ4n) is 2.55. The van der Waals surface area contributed by atoms with Crippen molar-refractivity contribution in [2.75, 3.05) is 5.32 Å². The summed E-state index contributed by atoms with van der Waals surface area (Å²) < 4.78 is 28.2. The topological polar surface area (TPSA) is 12.0 Å². The number of nitrogens with one attached hydrogen (secondary N) is 1. The molecule has 1 nitrogen and oxygen atoms in total. The van der Waals surface area contributed by atoms with E-state index in [1.165, 1.54) is 0 Å². The molecular formula is C13H7F2N. The highest BCUT2D eigenvalue weighted by atomic mass is 19.3. The van der Waals surface area contributed by atoms with Gasteiger partial charge in [-0.05, 0) is 35.4 Å². The summed E-state index contributed by atoms with van der Waals surface area (Å²) in [6, 6.07) is 10.3. The summed E-state index contributed by atoms with van der Waals surface area (Å²) >= 11 is 0. The highest BCUT2D eigenvalue weighted by Gasteiger charge is 2.45. The number of hydrogen-bond acceptors (Lipinski definition) is 1. The third-order valence-electron chi connectivity index (χ3n) is 3.29. The normalized spacial score (nSPS) is 17.1. The number of alkyl halides is 2. The maximum atomic E-state index is 14.1. The number of fused-ring (bicyclic) bond motifs is 3. The van der Waals surface area contributed by atoms with Gasteiger partial charge in [0.2, 0.25) is 0 Å². The van der Waals surface area contributed by atoms with Crippen LogP contribution in [0, 0.1) is 0 Å². The Labute approximate surface area is 90.7 Å². The molecule has 0 radical (unpaired) electrons. The first-order valence-electron chi connectivity index (χ1n) is 5.10. The lowest BCUT2D eigenvalue weighted by molar-refractivity contribution is 0.0480. The molecule has 0 saturated carbocycles. The van der Waals surface area contributed by atoms with Crippen LogP contribution in [0.15, 0.2) is 36.4 Å². The molecule has 0 unspecified atom stereocenters. The van der Waals surface area contributed by atoms with Gasteiger partial charge in [-0.3, -0.25) is 0 Å². The van der Waals surface area contributed by atoms with Gasteiger partial charge in [0.1, 0.15) is 0 Å². The highest BCUT2D eigenvalue weighted by molar-refractivity contribution is 5.85. The third kappa shape index (κ3) is 0.767. The Kier molecular flexibility index (Phi) is 1.17. The smallest absolute Gasteiger partial charge is 0.299 e. The SMILES string of the molecule is FC1(F)c2cc3ccc2-c2ccc(cc21)N3. The Bertz CT molecular complexity index is 578. The fraction of sp³-hybridized carbons (Fsp3) is 0.0769. The van der Waals surface area contributed by atoms with Crippen LogP contribution < -0.4 is 5.32 Å². The van der Waals surface area contributed by atoms with Crippen LogP contribution in [-0.2, 0) is 5.92 Å². The molecule has 1 heterocycles. The molecule has 16 heavy (non-hydrogen) atoms. The van der Waals surface area contributed by atoms with Gasteiger partial charge in [-0.15, -0.1) is 0 Å². The third-order valence-corrected chi connectivity index (χ3v) is 3.29. The van der Waals surface area contributed by atoms with Crippen LogP contribution in [0.25, 0.3) is 11.1 Å². The second kappa shape index (κ2) is 2.26. The molecule has 78 valence electrons. The molecular weight excluding hydrogens is 208 g/mol. The van der Waals surface area contributed by atoms with Gasteiger partial charge in [-0.1, -0.05) is 12.1 Å². The Hall–Kier alpha value is -1.90. The lowest BCUT2D eigenvalue weighted by atomic mass is 10.0. The van der Waals surface area contributed by atoms with Crippen molar-refractivity contribution in [1.82, 2.24) is 0 Å². The van der Waals surface area contributed by atoms with Crippen LogP contribution in [-0.4, -0.2) is 0 Å². The summed E-state index contributed by atoms with van der Waals surface area (Å²) in [6.07, 6.45) is 0. The van der Waals surface area contributed by atoms with E-state index in [2.05, 4.69) is 5.32 Å². The molecule has 0 fully saturated rings. The molecule has 4 bridgehead atoms. The van der Waals surface area contributed by atoms with Crippen molar-refractivity contribution in [2.24, 2.45) is 0 Å². The minimum Gasteiger partial charge on any atom is -0.356 e. The molecule has 0 spiro atoms. The van der Waals surface area contributed by atoms with Gasteiger partial charge in [-0.2, -0.15) is 8.78 Å². The Morgan fingerprint density at radius 2 is 1.31 bits per heavy atom. The van der Waals surface area contributed by atoms with Gasteiger partial charge in [0, 0.05) is 22.5 Å². The van der Waals surface area contributed by atoms with E-state index >= 15 is 0 Å². The molecule has 0 aromatic heterocycles. The summed E-state index contributed by atoms with van der Waals surface area (Å²) in [6.45, 7) is 0. The number of hydrogen-bond donors (Lipinski definition) is 1. The molecule has 1 N–H and O–H groups in total. The molecule has 1 aliphatic carbocycles. The number of anilines is 2. The predicted octanol–water partition coefficient (Wildman–Crippen LogP) is 3.86. The summed E-state index contributed by atoms with van der Waals surface area (Å²) in [7, 11) is 0. The molecule has 4 rings (SSSR count). The standard InChI is InChI=1S/C13H7F2N/c14-13(15)11-5-7-1-3-9(11)10-4-2-8(16-7)6-12(10)13/h1-6,16H. The van der Waals surface area contributed by atoms with Crippen LogP contribution in [0.4, 0.5) is 20.2 Å². The quantitative estimate of drug-likeness (QED) is 0.600. The largest absolute Gasteiger partial charge is 0.356 e.